The minimum atomic E-state index is 0.747. The molecule has 0 aromatic heterocycles. The average Bonchev–Trinajstić information content (AvgIpc) is 2.42. The molecular weight excluding hydrogens is 224 g/mol. The van der Waals surface area contributed by atoms with Crippen LogP contribution in [0.4, 0.5) is 5.69 Å². The molecule has 1 aliphatic carbocycles. The Hall–Kier alpha value is -1.22. The summed E-state index contributed by atoms with van der Waals surface area (Å²) in [7, 11) is 2.21. The summed E-state index contributed by atoms with van der Waals surface area (Å²) in [6, 6.07) is 8.36. The minimum absolute atomic E-state index is 0.747. The molecule has 0 atom stereocenters. The van der Waals surface area contributed by atoms with Gasteiger partial charge in [0.25, 0.3) is 0 Å². The summed E-state index contributed by atoms with van der Waals surface area (Å²) in [5.74, 6) is 0.904. The van der Waals surface area contributed by atoms with E-state index in [-0.39, 0.29) is 0 Å². The lowest BCUT2D eigenvalue weighted by Crippen LogP contribution is -2.36. The second kappa shape index (κ2) is 6.64. The predicted octanol–water partition coefficient (Wildman–Crippen LogP) is 2.91. The van der Waals surface area contributed by atoms with E-state index in [4.69, 9.17) is 10.5 Å². The molecule has 0 amide bonds. The van der Waals surface area contributed by atoms with Gasteiger partial charge in [0.1, 0.15) is 12.4 Å². The predicted molar refractivity (Wildman–Crippen MR) is 75.9 cm³/mol. The molecule has 3 nitrogen and oxygen atoms in total. The first-order valence-electron chi connectivity index (χ1n) is 6.94. The highest BCUT2D eigenvalue weighted by Gasteiger charge is 2.17. The Morgan fingerprint density at radius 1 is 1.17 bits per heavy atom. The van der Waals surface area contributed by atoms with Gasteiger partial charge < -0.3 is 15.4 Å². The molecule has 18 heavy (non-hydrogen) atoms. The Morgan fingerprint density at radius 3 is 2.50 bits per heavy atom. The van der Waals surface area contributed by atoms with Crippen molar-refractivity contribution in [1.29, 1.82) is 0 Å². The third-order valence-corrected chi connectivity index (χ3v) is 3.79. The van der Waals surface area contributed by atoms with Gasteiger partial charge in [0.15, 0.2) is 0 Å². The van der Waals surface area contributed by atoms with Gasteiger partial charge >= 0.3 is 0 Å². The van der Waals surface area contributed by atoms with Crippen LogP contribution in [0.1, 0.15) is 32.1 Å². The molecule has 2 rings (SSSR count). The number of hydrogen-bond acceptors (Lipinski definition) is 3. The standard InChI is InChI=1S/C15H24N2O/c1-17(14-5-3-2-4-6-14)11-12-18-15-9-7-13(16)8-10-15/h7-10,14H,2-6,11-12,16H2,1H3. The fourth-order valence-electron chi connectivity index (χ4n) is 2.58. The smallest absolute Gasteiger partial charge is 0.119 e. The maximum atomic E-state index is 5.73. The van der Waals surface area contributed by atoms with Crippen LogP contribution >= 0.6 is 0 Å². The Bertz CT molecular complexity index is 344. The third-order valence-electron chi connectivity index (χ3n) is 3.79. The lowest BCUT2D eigenvalue weighted by atomic mass is 9.94. The second-order valence-electron chi connectivity index (χ2n) is 5.19. The Kier molecular flexibility index (Phi) is 4.88. The number of ether oxygens (including phenoxy) is 1. The van der Waals surface area contributed by atoms with E-state index in [9.17, 15) is 0 Å². The van der Waals surface area contributed by atoms with Crippen molar-refractivity contribution in [2.75, 3.05) is 25.9 Å². The number of likely N-dealkylation sites (N-methyl/N-ethyl adjacent to an activating group) is 1. The third kappa shape index (κ3) is 3.91. The molecule has 100 valence electrons. The van der Waals surface area contributed by atoms with Crippen molar-refractivity contribution in [3.8, 4) is 5.75 Å². The van der Waals surface area contributed by atoms with Crippen LogP contribution in [0, 0.1) is 0 Å². The summed E-state index contributed by atoms with van der Waals surface area (Å²) in [5, 5.41) is 0. The highest BCUT2D eigenvalue weighted by Crippen LogP contribution is 2.21. The maximum Gasteiger partial charge on any atom is 0.119 e. The van der Waals surface area contributed by atoms with Gasteiger partial charge in [-0.3, -0.25) is 0 Å². The molecule has 0 bridgehead atoms. The summed E-state index contributed by atoms with van der Waals surface area (Å²) < 4.78 is 5.73. The second-order valence-corrected chi connectivity index (χ2v) is 5.19. The van der Waals surface area contributed by atoms with Crippen LogP contribution in [-0.4, -0.2) is 31.1 Å². The zero-order chi connectivity index (χ0) is 12.8. The number of hydrogen-bond donors (Lipinski definition) is 1. The number of benzene rings is 1. The first-order chi connectivity index (χ1) is 8.75. The molecule has 1 fully saturated rings. The van der Waals surface area contributed by atoms with Crippen molar-refractivity contribution in [2.24, 2.45) is 0 Å². The van der Waals surface area contributed by atoms with Crippen LogP contribution in [0.5, 0.6) is 5.75 Å². The Balaban J connectivity index is 1.69. The van der Waals surface area contributed by atoms with E-state index in [0.29, 0.717) is 0 Å². The zero-order valence-electron chi connectivity index (χ0n) is 11.3. The van der Waals surface area contributed by atoms with Crippen LogP contribution in [-0.2, 0) is 0 Å². The Morgan fingerprint density at radius 2 is 1.83 bits per heavy atom. The quantitative estimate of drug-likeness (QED) is 0.814. The lowest BCUT2D eigenvalue weighted by Gasteiger charge is -2.31. The number of nitrogen functional groups attached to an aromatic ring is 1. The number of nitrogens with two attached hydrogens (primary N) is 1. The van der Waals surface area contributed by atoms with Gasteiger partial charge in [-0.1, -0.05) is 19.3 Å². The fourth-order valence-corrected chi connectivity index (χ4v) is 2.58. The fraction of sp³-hybridized carbons (Fsp3) is 0.600. The largest absolute Gasteiger partial charge is 0.492 e. The van der Waals surface area contributed by atoms with E-state index in [1.54, 1.807) is 0 Å². The van der Waals surface area contributed by atoms with Crippen molar-refractivity contribution < 1.29 is 4.74 Å². The van der Waals surface area contributed by atoms with Gasteiger partial charge in [0, 0.05) is 18.3 Å². The van der Waals surface area contributed by atoms with E-state index in [1.807, 2.05) is 24.3 Å². The molecule has 0 spiro atoms. The average molecular weight is 248 g/mol. The van der Waals surface area contributed by atoms with Crippen LogP contribution in [0.3, 0.4) is 0 Å². The van der Waals surface area contributed by atoms with Gasteiger partial charge in [-0.15, -0.1) is 0 Å². The zero-order valence-corrected chi connectivity index (χ0v) is 11.3. The van der Waals surface area contributed by atoms with E-state index in [1.165, 1.54) is 32.1 Å². The van der Waals surface area contributed by atoms with Crippen molar-refractivity contribution in [2.45, 2.75) is 38.1 Å². The molecule has 3 heteroatoms. The summed E-state index contributed by atoms with van der Waals surface area (Å²) in [6.07, 6.45) is 6.87. The molecule has 0 heterocycles. The molecule has 0 aliphatic heterocycles. The highest BCUT2D eigenvalue weighted by atomic mass is 16.5. The van der Waals surface area contributed by atoms with E-state index in [0.717, 1.165) is 30.6 Å². The van der Waals surface area contributed by atoms with E-state index < -0.39 is 0 Å². The van der Waals surface area contributed by atoms with Gasteiger partial charge in [-0.05, 0) is 44.2 Å². The normalized spacial score (nSPS) is 17.0. The summed E-state index contributed by atoms with van der Waals surface area (Å²) in [6.45, 7) is 1.74. The van der Waals surface area contributed by atoms with Crippen molar-refractivity contribution in [1.82, 2.24) is 4.90 Å². The van der Waals surface area contributed by atoms with Crippen molar-refractivity contribution in [3.63, 3.8) is 0 Å². The minimum Gasteiger partial charge on any atom is -0.492 e. The first-order valence-corrected chi connectivity index (χ1v) is 6.94. The van der Waals surface area contributed by atoms with Crippen LogP contribution < -0.4 is 10.5 Å². The van der Waals surface area contributed by atoms with Gasteiger partial charge in [-0.25, -0.2) is 0 Å². The van der Waals surface area contributed by atoms with E-state index in [2.05, 4.69) is 11.9 Å². The number of anilines is 1. The monoisotopic (exact) mass is 248 g/mol. The number of rotatable bonds is 5. The molecule has 1 aromatic rings. The molecule has 1 aromatic carbocycles. The first kappa shape index (κ1) is 13.2. The van der Waals surface area contributed by atoms with Gasteiger partial charge in [0.05, 0.1) is 0 Å². The van der Waals surface area contributed by atoms with E-state index >= 15 is 0 Å². The molecule has 0 unspecified atom stereocenters. The molecule has 0 radical (unpaired) electrons. The summed E-state index contributed by atoms with van der Waals surface area (Å²) in [4.78, 5) is 2.44. The van der Waals surface area contributed by atoms with Crippen LogP contribution in [0.25, 0.3) is 0 Å². The lowest BCUT2D eigenvalue weighted by molar-refractivity contribution is 0.160. The highest BCUT2D eigenvalue weighted by molar-refractivity contribution is 5.41. The molecular formula is C15H24N2O. The molecule has 1 saturated carbocycles. The SMILES string of the molecule is CN(CCOc1ccc(N)cc1)C1CCCCC1. The molecule has 1 aliphatic rings. The number of nitrogens with zero attached hydrogens (tertiary/aromatic N) is 1. The van der Waals surface area contributed by atoms with Gasteiger partial charge in [-0.2, -0.15) is 0 Å². The van der Waals surface area contributed by atoms with Gasteiger partial charge in [0.2, 0.25) is 0 Å². The van der Waals surface area contributed by atoms with Crippen LogP contribution in [0.2, 0.25) is 0 Å². The van der Waals surface area contributed by atoms with Crippen molar-refractivity contribution >= 4 is 5.69 Å². The summed E-state index contributed by atoms with van der Waals surface area (Å²) in [5.41, 5.74) is 6.42. The topological polar surface area (TPSA) is 38.5 Å². The van der Waals surface area contributed by atoms with Crippen LogP contribution in [0.15, 0.2) is 24.3 Å². The van der Waals surface area contributed by atoms with Crippen molar-refractivity contribution in [3.05, 3.63) is 24.3 Å². The Labute approximate surface area is 110 Å². The summed E-state index contributed by atoms with van der Waals surface area (Å²) >= 11 is 0. The maximum absolute atomic E-state index is 5.73. The molecule has 2 N–H and O–H groups in total. The molecule has 0 saturated heterocycles.